The number of aryl methyl sites for hydroxylation is 2. The number of unbranched alkanes of at least 4 members (excludes halogenated alkanes) is 1. The minimum absolute atomic E-state index is 0. The van der Waals surface area contributed by atoms with Gasteiger partial charge in [-0.25, -0.2) is 0 Å². The molecule has 0 N–H and O–H groups in total. The van der Waals surface area contributed by atoms with Gasteiger partial charge in [-0.15, -0.1) is 7.91 Å². The van der Waals surface area contributed by atoms with Crippen LogP contribution in [0, 0.1) is 0 Å². The van der Waals surface area contributed by atoms with E-state index in [2.05, 4.69) is 67.2 Å². The van der Waals surface area contributed by atoms with E-state index in [1.807, 2.05) is 23.1 Å². The maximum Gasteiger partial charge on any atom is 0.227 e. The molecule has 4 rings (SSSR count). The quantitative estimate of drug-likeness (QED) is 0.149. The molecule has 0 saturated heterocycles. The van der Waals surface area contributed by atoms with Gasteiger partial charge in [0.05, 0.1) is 21.5 Å². The fourth-order valence-electron chi connectivity index (χ4n) is 2.84. The monoisotopic (exact) mass is 580 g/mol. The first-order valence-electron chi connectivity index (χ1n) is 7.65. The predicted octanol–water partition coefficient (Wildman–Crippen LogP) is -1.82. The molecule has 2 aromatic heterocycles. The summed E-state index contributed by atoms with van der Waals surface area (Å²) in [6, 6.07) is 17.3. The minimum Gasteiger partial charge on any atom is -1.00 e. The van der Waals surface area contributed by atoms with Gasteiger partial charge in [0.15, 0.2) is 13.1 Å². The van der Waals surface area contributed by atoms with Crippen LogP contribution in [0.25, 0.3) is 21.8 Å². The van der Waals surface area contributed by atoms with E-state index in [1.54, 1.807) is 0 Å². The van der Waals surface area contributed by atoms with Crippen molar-refractivity contribution < 1.29 is 55.9 Å². The summed E-state index contributed by atoms with van der Waals surface area (Å²) >= 11 is 3.65. The highest BCUT2D eigenvalue weighted by Crippen LogP contribution is 2.14. The number of para-hydroxylation sites is 2. The Labute approximate surface area is 184 Å². The van der Waals surface area contributed by atoms with E-state index in [-0.39, 0.29) is 48.0 Å². The zero-order valence-corrected chi connectivity index (χ0v) is 19.0. The van der Waals surface area contributed by atoms with E-state index in [4.69, 9.17) is 0 Å². The van der Waals surface area contributed by atoms with Crippen molar-refractivity contribution in [3.05, 3.63) is 59.3 Å². The summed E-state index contributed by atoms with van der Waals surface area (Å²) in [6.45, 7) is 2.23. The molecule has 2 nitrogen and oxygen atoms in total. The molecule has 0 aliphatic rings. The van der Waals surface area contributed by atoms with Gasteiger partial charge >= 0.3 is 0 Å². The van der Waals surface area contributed by atoms with E-state index >= 15 is 0 Å². The van der Waals surface area contributed by atoms with Crippen LogP contribution in [0.3, 0.4) is 0 Å². The van der Waals surface area contributed by atoms with E-state index < -0.39 is 0 Å². The highest BCUT2D eigenvalue weighted by atomic mass is 127. The lowest BCUT2D eigenvalue weighted by Gasteiger charge is -1.94. The maximum absolute atomic E-state index is 2.41. The second-order valence-electron chi connectivity index (χ2n) is 5.48. The summed E-state index contributed by atoms with van der Waals surface area (Å²) in [6.07, 6.45) is 2.43. The predicted molar refractivity (Wildman–Crippen MR) is 93.3 cm³/mol. The number of fused-ring (bicyclic) bond motifs is 2. The molecule has 0 aliphatic heterocycles. The van der Waals surface area contributed by atoms with Crippen LogP contribution in [0.2, 0.25) is 0 Å². The Balaban J connectivity index is 0.00000104. The first-order chi connectivity index (χ1) is 10.9. The maximum atomic E-state index is 2.41. The van der Waals surface area contributed by atoms with Crippen LogP contribution in [0.15, 0.2) is 59.3 Å². The fourth-order valence-corrected chi connectivity index (χ4v) is 4.75. The summed E-state index contributed by atoms with van der Waals surface area (Å²) in [4.78, 5) is 0. The Bertz CT molecular complexity index is 841. The van der Waals surface area contributed by atoms with E-state index in [1.165, 1.54) is 34.6 Å². The van der Waals surface area contributed by atoms with E-state index in [9.17, 15) is 0 Å². The van der Waals surface area contributed by atoms with Crippen LogP contribution in [-0.4, -0.2) is 0 Å². The molecule has 0 aliphatic carbocycles. The second kappa shape index (κ2) is 9.40. The third-order valence-corrected chi connectivity index (χ3v) is 5.98. The van der Waals surface area contributed by atoms with Crippen molar-refractivity contribution in [2.75, 3.05) is 0 Å². The summed E-state index contributed by atoms with van der Waals surface area (Å²) < 4.78 is 4.82. The van der Waals surface area contributed by atoms with Crippen molar-refractivity contribution in [2.24, 2.45) is 0 Å². The molecular weight excluding hydrogens is 562 g/mol. The van der Waals surface area contributed by atoms with Gasteiger partial charge < -0.3 is 48.0 Å². The molecule has 0 fully saturated rings. The van der Waals surface area contributed by atoms with Crippen LogP contribution in [-0.2, 0) is 13.1 Å². The number of hydrogen-bond donors (Lipinski definition) is 0. The second-order valence-corrected chi connectivity index (χ2v) is 7.25. The topological polar surface area (TPSA) is 7.76 Å². The molecular formula is C18H18I2N2S2. The van der Waals surface area contributed by atoms with Gasteiger partial charge in [-0.1, -0.05) is 24.3 Å². The zero-order valence-electron chi connectivity index (χ0n) is 13.1. The van der Waals surface area contributed by atoms with Crippen LogP contribution in [0.1, 0.15) is 12.8 Å². The number of nitrogens with zero attached hydrogens (tertiary/aromatic N) is 2. The highest BCUT2D eigenvalue weighted by molar-refractivity contribution is 7.00. The molecule has 2 heterocycles. The molecule has 126 valence electrons. The average Bonchev–Trinajstić information content (AvgIpc) is 3.16. The third-order valence-electron chi connectivity index (χ3n) is 4.00. The Morgan fingerprint density at radius 3 is 1.50 bits per heavy atom. The van der Waals surface area contributed by atoms with E-state index in [0.29, 0.717) is 0 Å². The van der Waals surface area contributed by atoms with Crippen molar-refractivity contribution in [2.45, 2.75) is 25.9 Å². The van der Waals surface area contributed by atoms with Gasteiger partial charge in [-0.05, 0) is 12.1 Å². The summed E-state index contributed by atoms with van der Waals surface area (Å²) in [5, 5.41) is 7.20. The van der Waals surface area contributed by atoms with Gasteiger partial charge in [0.1, 0.15) is 23.1 Å². The number of halogens is 2. The van der Waals surface area contributed by atoms with Gasteiger partial charge in [-0.3, -0.25) is 0 Å². The van der Waals surface area contributed by atoms with Crippen molar-refractivity contribution in [1.82, 2.24) is 0 Å². The molecule has 2 aromatic carbocycles. The largest absolute Gasteiger partial charge is 1.00 e. The Hall–Kier alpha value is -0.320. The molecule has 0 amide bonds. The number of aromatic nitrogens is 2. The van der Waals surface area contributed by atoms with Crippen LogP contribution < -0.4 is 55.9 Å². The van der Waals surface area contributed by atoms with Gasteiger partial charge in [0, 0.05) is 25.0 Å². The van der Waals surface area contributed by atoms with Crippen molar-refractivity contribution in [3.63, 3.8) is 0 Å². The normalized spacial score (nSPS) is 10.5. The molecule has 0 saturated carbocycles. The molecule has 0 spiro atoms. The number of benzene rings is 2. The SMILES string of the molecule is [I-].[I-].c1ccc2c(c1)cs[n+]2CCCC[n+]1scc2ccccc21. The fraction of sp³-hybridized carbons (Fsp3) is 0.222. The van der Waals surface area contributed by atoms with Gasteiger partial charge in [0.2, 0.25) is 11.0 Å². The van der Waals surface area contributed by atoms with Crippen LogP contribution in [0.5, 0.6) is 0 Å². The Kier molecular flexibility index (Phi) is 7.83. The van der Waals surface area contributed by atoms with Crippen LogP contribution in [0.4, 0.5) is 0 Å². The minimum atomic E-state index is 0. The first kappa shape index (κ1) is 20.0. The summed E-state index contributed by atoms with van der Waals surface area (Å²) in [7, 11) is 0. The lowest BCUT2D eigenvalue weighted by atomic mass is 10.2. The molecule has 0 radical (unpaired) electrons. The Morgan fingerprint density at radius 1 is 0.625 bits per heavy atom. The molecule has 24 heavy (non-hydrogen) atoms. The Morgan fingerprint density at radius 2 is 1.04 bits per heavy atom. The number of hydrogen-bond acceptors (Lipinski definition) is 2. The zero-order chi connectivity index (χ0) is 14.8. The molecule has 0 unspecified atom stereocenters. The first-order valence-corrected chi connectivity index (χ1v) is 9.32. The molecule has 0 bridgehead atoms. The summed E-state index contributed by atoms with van der Waals surface area (Å²) in [5.41, 5.74) is 2.73. The lowest BCUT2D eigenvalue weighted by molar-refractivity contribution is -0.616. The van der Waals surface area contributed by atoms with Crippen molar-refractivity contribution in [1.29, 1.82) is 0 Å². The molecule has 4 aromatic rings. The van der Waals surface area contributed by atoms with Crippen molar-refractivity contribution in [3.8, 4) is 0 Å². The third kappa shape index (κ3) is 4.25. The average molecular weight is 580 g/mol. The number of rotatable bonds is 5. The van der Waals surface area contributed by atoms with Gasteiger partial charge in [-0.2, -0.15) is 0 Å². The van der Waals surface area contributed by atoms with Crippen molar-refractivity contribution >= 4 is 44.9 Å². The molecule has 0 atom stereocenters. The summed E-state index contributed by atoms with van der Waals surface area (Å²) in [5.74, 6) is 0. The standard InChI is InChI=1S/C18H18N2S2.2HI/c1-3-9-17-15(7-1)13-21-19(17)11-5-6-12-20-18-10-4-2-8-16(18)14-22-20;;/h1-4,7-10,13-14H,5-6,11-12H2;2*1H/q+2;;/p-2. The lowest BCUT2D eigenvalue weighted by Crippen LogP contribution is -3.00. The molecule has 6 heteroatoms. The highest BCUT2D eigenvalue weighted by Gasteiger charge is 2.14. The van der Waals surface area contributed by atoms with E-state index in [0.717, 1.165) is 13.1 Å². The smallest absolute Gasteiger partial charge is 0.227 e. The van der Waals surface area contributed by atoms with Gasteiger partial charge in [0.25, 0.3) is 0 Å². The van der Waals surface area contributed by atoms with Crippen LogP contribution >= 0.6 is 23.1 Å².